The highest BCUT2D eigenvalue weighted by Gasteiger charge is 2.33. The molecule has 9 heteroatoms. The van der Waals surface area contributed by atoms with Gasteiger partial charge in [0.25, 0.3) is 0 Å². The Morgan fingerprint density at radius 2 is 1.84 bits per heavy atom. The minimum Gasteiger partial charge on any atom is -0.496 e. The Kier molecular flexibility index (Phi) is 7.76. The van der Waals surface area contributed by atoms with E-state index in [1.54, 1.807) is 43.5 Å². The number of para-hydroxylation sites is 1. The number of ether oxygens (including phenoxy) is 1. The van der Waals surface area contributed by atoms with Crippen LogP contribution in [-0.2, 0) is 0 Å². The summed E-state index contributed by atoms with van der Waals surface area (Å²) in [7, 11) is 1.55. The number of nitrogens with zero attached hydrogens (tertiary/aromatic N) is 2. The van der Waals surface area contributed by atoms with E-state index in [4.69, 9.17) is 27.9 Å². The van der Waals surface area contributed by atoms with E-state index >= 15 is 4.39 Å². The van der Waals surface area contributed by atoms with Crippen molar-refractivity contribution >= 4 is 34.9 Å². The number of aromatic nitrogens is 2. The minimum absolute atomic E-state index is 0.0536. The van der Waals surface area contributed by atoms with Gasteiger partial charge in [-0.25, -0.2) is 14.2 Å². The van der Waals surface area contributed by atoms with E-state index in [0.29, 0.717) is 33.4 Å². The van der Waals surface area contributed by atoms with Crippen LogP contribution in [0.3, 0.4) is 0 Å². The maximum atomic E-state index is 15.1. The molecule has 0 fully saturated rings. The van der Waals surface area contributed by atoms with Gasteiger partial charge in [-0.2, -0.15) is 0 Å². The molecule has 1 atom stereocenters. The Morgan fingerprint density at radius 3 is 2.49 bits per heavy atom. The lowest BCUT2D eigenvalue weighted by atomic mass is 9.96. The summed E-state index contributed by atoms with van der Waals surface area (Å²) in [5.41, 5.74) is 2.45. The summed E-state index contributed by atoms with van der Waals surface area (Å²) >= 11 is 12.3. The second kappa shape index (κ2) is 10.8. The van der Waals surface area contributed by atoms with Gasteiger partial charge in [-0.3, -0.25) is 0 Å². The molecule has 4 aromatic rings. The third-order valence-electron chi connectivity index (χ3n) is 6.08. The molecule has 6 nitrogen and oxygen atoms in total. The smallest absolute Gasteiger partial charge is 0.356 e. The SMILES string of the molecule is COc1ccccc1-c1nc(C(=O)O)c(C(Nc2cccc(Cl)c2F)c2ccc(Cl)cc2C)n1C(C)C. The molecular formula is C28H26Cl2FN3O3. The Bertz CT molecular complexity index is 1470. The first-order chi connectivity index (χ1) is 17.6. The molecule has 37 heavy (non-hydrogen) atoms. The summed E-state index contributed by atoms with van der Waals surface area (Å²) in [5, 5.41) is 14.0. The van der Waals surface area contributed by atoms with Crippen molar-refractivity contribution < 1.29 is 19.0 Å². The van der Waals surface area contributed by atoms with Crippen molar-refractivity contribution in [1.29, 1.82) is 0 Å². The van der Waals surface area contributed by atoms with E-state index < -0.39 is 17.8 Å². The van der Waals surface area contributed by atoms with Gasteiger partial charge in [-0.05, 0) is 68.3 Å². The van der Waals surface area contributed by atoms with Gasteiger partial charge in [0.1, 0.15) is 11.6 Å². The molecule has 4 rings (SSSR count). The lowest BCUT2D eigenvalue weighted by Gasteiger charge is -2.27. The summed E-state index contributed by atoms with van der Waals surface area (Å²) in [5.74, 6) is -0.885. The van der Waals surface area contributed by atoms with Crippen molar-refractivity contribution in [2.45, 2.75) is 32.9 Å². The fourth-order valence-electron chi connectivity index (χ4n) is 4.45. The van der Waals surface area contributed by atoms with Gasteiger partial charge in [-0.15, -0.1) is 0 Å². The fourth-order valence-corrected chi connectivity index (χ4v) is 4.85. The van der Waals surface area contributed by atoms with Crippen molar-refractivity contribution in [2.75, 3.05) is 12.4 Å². The molecule has 0 radical (unpaired) electrons. The molecule has 1 unspecified atom stereocenters. The predicted molar refractivity (Wildman–Crippen MR) is 145 cm³/mol. The molecule has 0 bridgehead atoms. The molecule has 3 aromatic carbocycles. The fraction of sp³-hybridized carbons (Fsp3) is 0.214. The molecule has 2 N–H and O–H groups in total. The first kappa shape index (κ1) is 26.5. The summed E-state index contributed by atoms with van der Waals surface area (Å²) in [6, 6.07) is 16.2. The number of nitrogens with one attached hydrogen (secondary N) is 1. The predicted octanol–water partition coefficient (Wildman–Crippen LogP) is 7.79. The van der Waals surface area contributed by atoms with Crippen molar-refractivity contribution in [1.82, 2.24) is 9.55 Å². The number of carboxylic acid groups (broad SMARTS) is 1. The van der Waals surface area contributed by atoms with Gasteiger partial charge in [0.2, 0.25) is 0 Å². The van der Waals surface area contributed by atoms with Crippen molar-refractivity contribution in [2.24, 2.45) is 0 Å². The molecule has 192 valence electrons. The van der Waals surface area contributed by atoms with Crippen LogP contribution in [0.25, 0.3) is 11.4 Å². The number of imidazole rings is 1. The van der Waals surface area contributed by atoms with Gasteiger partial charge in [0.05, 0.1) is 35.1 Å². The van der Waals surface area contributed by atoms with Gasteiger partial charge >= 0.3 is 5.97 Å². The Labute approximate surface area is 224 Å². The largest absolute Gasteiger partial charge is 0.496 e. The normalized spacial score (nSPS) is 12.0. The molecule has 0 spiro atoms. The van der Waals surface area contributed by atoms with E-state index in [2.05, 4.69) is 10.3 Å². The maximum Gasteiger partial charge on any atom is 0.356 e. The molecule has 0 aliphatic heterocycles. The molecular weight excluding hydrogens is 516 g/mol. The van der Waals surface area contributed by atoms with E-state index in [1.807, 2.05) is 43.5 Å². The van der Waals surface area contributed by atoms with Crippen molar-refractivity contribution in [3.05, 3.63) is 99.0 Å². The van der Waals surface area contributed by atoms with E-state index in [1.165, 1.54) is 6.07 Å². The van der Waals surface area contributed by atoms with Crippen molar-refractivity contribution in [3.8, 4) is 17.1 Å². The molecule has 0 aliphatic carbocycles. The lowest BCUT2D eigenvalue weighted by molar-refractivity contribution is 0.0689. The number of aryl methyl sites for hydroxylation is 1. The monoisotopic (exact) mass is 541 g/mol. The number of carbonyl (C=O) groups is 1. The Hall–Kier alpha value is -3.55. The Balaban J connectivity index is 2.06. The van der Waals surface area contributed by atoms with Crippen LogP contribution in [0.1, 0.15) is 53.2 Å². The quantitative estimate of drug-likeness (QED) is 0.238. The third-order valence-corrected chi connectivity index (χ3v) is 6.61. The van der Waals surface area contributed by atoms with Gasteiger partial charge in [-0.1, -0.05) is 47.5 Å². The second-order valence-electron chi connectivity index (χ2n) is 8.82. The highest BCUT2D eigenvalue weighted by molar-refractivity contribution is 6.31. The van der Waals surface area contributed by atoms with Crippen molar-refractivity contribution in [3.63, 3.8) is 0 Å². The molecule has 0 aliphatic rings. The van der Waals surface area contributed by atoms with Crippen LogP contribution in [0.4, 0.5) is 10.1 Å². The van der Waals surface area contributed by atoms with Crippen LogP contribution >= 0.6 is 23.2 Å². The number of benzene rings is 3. The number of carboxylic acids is 1. The first-order valence-electron chi connectivity index (χ1n) is 11.6. The van der Waals surface area contributed by atoms with Crippen LogP contribution in [0, 0.1) is 12.7 Å². The number of methoxy groups -OCH3 is 1. The van der Waals surface area contributed by atoms with Gasteiger partial charge < -0.3 is 19.7 Å². The molecule has 0 saturated carbocycles. The highest BCUT2D eigenvalue weighted by atomic mass is 35.5. The van der Waals surface area contributed by atoms with E-state index in [-0.39, 0.29) is 22.4 Å². The van der Waals surface area contributed by atoms with Crippen LogP contribution in [0.2, 0.25) is 10.0 Å². The number of hydrogen-bond donors (Lipinski definition) is 2. The van der Waals surface area contributed by atoms with Crippen LogP contribution in [0.15, 0.2) is 60.7 Å². The number of aromatic carboxylic acids is 1. The second-order valence-corrected chi connectivity index (χ2v) is 9.66. The van der Waals surface area contributed by atoms with E-state index in [9.17, 15) is 9.90 Å². The van der Waals surface area contributed by atoms with Crippen LogP contribution < -0.4 is 10.1 Å². The minimum atomic E-state index is -1.21. The summed E-state index contributed by atoms with van der Waals surface area (Å²) in [6.07, 6.45) is 0. The maximum absolute atomic E-state index is 15.1. The zero-order valence-corrected chi connectivity index (χ0v) is 22.2. The lowest BCUT2D eigenvalue weighted by Crippen LogP contribution is -2.22. The average Bonchev–Trinajstić information content (AvgIpc) is 3.26. The first-order valence-corrected chi connectivity index (χ1v) is 12.3. The number of halogens is 3. The molecule has 1 heterocycles. The number of rotatable bonds is 8. The summed E-state index contributed by atoms with van der Waals surface area (Å²) in [4.78, 5) is 17.2. The molecule has 0 amide bonds. The summed E-state index contributed by atoms with van der Waals surface area (Å²) < 4.78 is 22.5. The molecule has 0 saturated heterocycles. The van der Waals surface area contributed by atoms with Gasteiger partial charge in [0.15, 0.2) is 11.5 Å². The number of anilines is 1. The number of hydrogen-bond acceptors (Lipinski definition) is 4. The van der Waals surface area contributed by atoms with Crippen LogP contribution in [-0.4, -0.2) is 27.7 Å². The highest BCUT2D eigenvalue weighted by Crippen LogP contribution is 2.39. The topological polar surface area (TPSA) is 76.4 Å². The standard InChI is InChI=1S/C28H26Cl2FN3O3/c1-15(2)34-26(25(28(35)36)33-27(34)19-8-5-6-11-22(19)37-4)24(18-13-12-17(29)14-16(18)3)32-21-10-7-9-20(30)23(21)31/h5-15,24,32H,1-4H3,(H,35,36). The van der Waals surface area contributed by atoms with Crippen LogP contribution in [0.5, 0.6) is 5.75 Å². The van der Waals surface area contributed by atoms with E-state index in [0.717, 1.165) is 5.56 Å². The van der Waals surface area contributed by atoms with Gasteiger partial charge in [0, 0.05) is 11.1 Å². The Morgan fingerprint density at radius 1 is 1.11 bits per heavy atom. The third kappa shape index (κ3) is 5.15. The zero-order valence-electron chi connectivity index (χ0n) is 20.7. The average molecular weight is 542 g/mol. The molecule has 1 aromatic heterocycles. The zero-order chi connectivity index (χ0) is 26.9. The summed E-state index contributed by atoms with van der Waals surface area (Å²) in [6.45, 7) is 5.73.